The van der Waals surface area contributed by atoms with Gasteiger partial charge < -0.3 is 19.8 Å². The number of nitrogens with one attached hydrogen (secondary N) is 1. The van der Waals surface area contributed by atoms with Crippen LogP contribution in [-0.4, -0.2) is 73.4 Å². The zero-order valence-electron chi connectivity index (χ0n) is 36.0. The number of quaternary nitrogens is 1. The highest BCUT2D eigenvalue weighted by Gasteiger charge is 2.27. The molecule has 0 spiro atoms. The standard InChI is InChI=1S/C45H87N2O6P/c1-6-8-10-12-14-16-18-20-22-23-24-25-27-29-31-33-35-37-39-45(49)46-43(42-53-54(50,51)52-41-40-47(3,4)5)44(48)38-36-34-32-30-28-26-21-19-17-15-13-11-9-7-2/h16,18,22-23,36,38,43-44,48H,6-15,17,19-21,24-35,37,39-42H2,1-5H3,(H-,46,49,50,51)/p+1/b18-16-,23-22-,38-36+. The number of carbonyl (C=O) groups excluding carboxylic acids is 1. The van der Waals surface area contributed by atoms with Crippen molar-refractivity contribution in [2.45, 2.75) is 206 Å². The summed E-state index contributed by atoms with van der Waals surface area (Å²) in [6.45, 7) is 4.78. The summed E-state index contributed by atoms with van der Waals surface area (Å²) in [6, 6.07) is -0.848. The van der Waals surface area contributed by atoms with Crippen molar-refractivity contribution >= 4 is 13.7 Å². The zero-order chi connectivity index (χ0) is 40.0. The lowest BCUT2D eigenvalue weighted by molar-refractivity contribution is -0.870. The van der Waals surface area contributed by atoms with E-state index in [0.717, 1.165) is 51.4 Å². The van der Waals surface area contributed by atoms with Crippen molar-refractivity contribution < 1.29 is 32.9 Å². The molecule has 1 amide bonds. The van der Waals surface area contributed by atoms with Gasteiger partial charge in [-0.15, -0.1) is 0 Å². The molecule has 3 N–H and O–H groups in total. The van der Waals surface area contributed by atoms with Crippen molar-refractivity contribution in [3.8, 4) is 0 Å². The summed E-state index contributed by atoms with van der Waals surface area (Å²) in [5.41, 5.74) is 0. The molecule has 0 saturated heterocycles. The van der Waals surface area contributed by atoms with Gasteiger partial charge in [-0.3, -0.25) is 13.8 Å². The zero-order valence-corrected chi connectivity index (χ0v) is 36.9. The van der Waals surface area contributed by atoms with Gasteiger partial charge in [0.1, 0.15) is 13.2 Å². The van der Waals surface area contributed by atoms with Crippen LogP contribution in [0.1, 0.15) is 194 Å². The van der Waals surface area contributed by atoms with Crippen LogP contribution in [0.3, 0.4) is 0 Å². The van der Waals surface area contributed by atoms with E-state index in [1.165, 1.54) is 122 Å². The Morgan fingerprint density at radius 3 is 1.54 bits per heavy atom. The Labute approximate surface area is 334 Å². The Bertz CT molecular complexity index is 980. The largest absolute Gasteiger partial charge is 0.472 e. The first-order chi connectivity index (χ1) is 26.0. The molecule has 9 heteroatoms. The third kappa shape index (κ3) is 39.0. The Balaban J connectivity index is 4.43. The number of unbranched alkanes of at least 4 members (excludes halogenated alkanes) is 23. The van der Waals surface area contributed by atoms with Crippen LogP contribution in [0.5, 0.6) is 0 Å². The lowest BCUT2D eigenvalue weighted by atomic mass is 10.0. The van der Waals surface area contributed by atoms with E-state index in [1.807, 2.05) is 27.2 Å². The molecule has 0 radical (unpaired) electrons. The van der Waals surface area contributed by atoms with Crippen LogP contribution in [0.4, 0.5) is 0 Å². The molecule has 8 nitrogen and oxygen atoms in total. The molecule has 0 saturated carbocycles. The molecule has 0 fully saturated rings. The maximum Gasteiger partial charge on any atom is 0.472 e. The van der Waals surface area contributed by atoms with Crippen LogP contribution >= 0.6 is 7.82 Å². The van der Waals surface area contributed by atoms with Gasteiger partial charge in [0.2, 0.25) is 5.91 Å². The van der Waals surface area contributed by atoms with Crippen LogP contribution in [0.25, 0.3) is 0 Å². The van der Waals surface area contributed by atoms with Gasteiger partial charge in [0.05, 0.1) is 39.9 Å². The van der Waals surface area contributed by atoms with Crippen molar-refractivity contribution in [2.75, 3.05) is 40.9 Å². The summed E-state index contributed by atoms with van der Waals surface area (Å²) in [5, 5.41) is 13.8. The number of hydrogen-bond acceptors (Lipinski definition) is 5. The van der Waals surface area contributed by atoms with Crippen molar-refractivity contribution in [1.29, 1.82) is 0 Å². The minimum absolute atomic E-state index is 0.0596. The molecule has 0 aliphatic carbocycles. The predicted molar refractivity (Wildman–Crippen MR) is 231 cm³/mol. The lowest BCUT2D eigenvalue weighted by Gasteiger charge is -2.25. The highest BCUT2D eigenvalue weighted by Crippen LogP contribution is 2.43. The Kier molecular flexibility index (Phi) is 36.4. The third-order valence-electron chi connectivity index (χ3n) is 9.85. The fourth-order valence-electron chi connectivity index (χ4n) is 6.25. The molecular formula is C45H88N2O6P+. The SMILES string of the molecule is CCCCCC/C=C\C/C=C\CCCCCCCCCC(=O)NC(COP(=O)(O)OCC[N+](C)(C)C)C(O)/C=C/CCCCCCCCCCCCCC. The highest BCUT2D eigenvalue weighted by atomic mass is 31.2. The molecule has 0 aromatic heterocycles. The highest BCUT2D eigenvalue weighted by molar-refractivity contribution is 7.47. The maximum absolute atomic E-state index is 12.9. The van der Waals surface area contributed by atoms with Crippen LogP contribution in [-0.2, 0) is 18.4 Å². The molecule has 3 unspecified atom stereocenters. The average molecular weight is 784 g/mol. The molecule has 0 aliphatic heterocycles. The lowest BCUT2D eigenvalue weighted by Crippen LogP contribution is -2.45. The first kappa shape index (κ1) is 52.7. The number of likely N-dealkylation sites (N-methyl/N-ethyl adjacent to an activating group) is 1. The molecule has 0 bridgehead atoms. The summed E-state index contributed by atoms with van der Waals surface area (Å²) < 4.78 is 23.5. The first-order valence-electron chi connectivity index (χ1n) is 22.4. The number of aliphatic hydroxyl groups is 1. The van der Waals surface area contributed by atoms with Crippen molar-refractivity contribution in [1.82, 2.24) is 5.32 Å². The number of nitrogens with zero attached hydrogens (tertiary/aromatic N) is 1. The van der Waals surface area contributed by atoms with E-state index in [4.69, 9.17) is 9.05 Å². The normalized spacial score (nSPS) is 14.7. The molecule has 0 aliphatic rings. The number of amides is 1. The fraction of sp³-hybridized carbons (Fsp3) is 0.844. The number of hydrogen-bond donors (Lipinski definition) is 3. The van der Waals surface area contributed by atoms with E-state index in [-0.39, 0.29) is 19.1 Å². The molecule has 54 heavy (non-hydrogen) atoms. The average Bonchev–Trinajstić information content (AvgIpc) is 3.12. The maximum atomic E-state index is 12.9. The number of aliphatic hydroxyl groups excluding tert-OH is 1. The summed E-state index contributed by atoms with van der Waals surface area (Å²) in [6.07, 6.45) is 44.9. The quantitative estimate of drug-likeness (QED) is 0.0247. The second-order valence-electron chi connectivity index (χ2n) is 16.4. The Morgan fingerprint density at radius 1 is 0.630 bits per heavy atom. The monoisotopic (exact) mass is 784 g/mol. The van der Waals surface area contributed by atoms with Gasteiger partial charge in [0.25, 0.3) is 0 Å². The van der Waals surface area contributed by atoms with Gasteiger partial charge in [0, 0.05) is 6.42 Å². The van der Waals surface area contributed by atoms with Crippen LogP contribution in [0, 0.1) is 0 Å². The van der Waals surface area contributed by atoms with Gasteiger partial charge in [-0.2, -0.15) is 0 Å². The number of allylic oxidation sites excluding steroid dienone is 5. The van der Waals surface area contributed by atoms with Crippen LogP contribution < -0.4 is 5.32 Å². The topological polar surface area (TPSA) is 105 Å². The summed E-state index contributed by atoms with van der Waals surface area (Å²) >= 11 is 0. The van der Waals surface area contributed by atoms with Crippen LogP contribution in [0.2, 0.25) is 0 Å². The number of phosphoric acid groups is 1. The molecule has 3 atom stereocenters. The summed E-state index contributed by atoms with van der Waals surface area (Å²) in [7, 11) is 1.56. The van der Waals surface area contributed by atoms with Crippen molar-refractivity contribution in [2.24, 2.45) is 0 Å². The van der Waals surface area contributed by atoms with E-state index in [1.54, 1.807) is 6.08 Å². The third-order valence-corrected chi connectivity index (χ3v) is 10.8. The predicted octanol–water partition coefficient (Wildman–Crippen LogP) is 12.3. The first-order valence-corrected chi connectivity index (χ1v) is 23.9. The van der Waals surface area contributed by atoms with Gasteiger partial charge >= 0.3 is 7.82 Å². The minimum atomic E-state index is -4.34. The minimum Gasteiger partial charge on any atom is -0.387 e. The molecule has 0 aromatic carbocycles. The Morgan fingerprint density at radius 2 is 1.06 bits per heavy atom. The second kappa shape index (κ2) is 37.3. The van der Waals surface area contributed by atoms with E-state index >= 15 is 0 Å². The van der Waals surface area contributed by atoms with Gasteiger partial charge in [-0.1, -0.05) is 172 Å². The van der Waals surface area contributed by atoms with Crippen molar-refractivity contribution in [3.63, 3.8) is 0 Å². The number of phosphoric ester groups is 1. The molecule has 318 valence electrons. The van der Waals surface area contributed by atoms with E-state index in [2.05, 4.69) is 43.5 Å². The van der Waals surface area contributed by atoms with Crippen LogP contribution in [0.15, 0.2) is 36.5 Å². The van der Waals surface area contributed by atoms with Gasteiger partial charge in [0.15, 0.2) is 0 Å². The smallest absolute Gasteiger partial charge is 0.387 e. The molecule has 0 rings (SSSR count). The number of rotatable bonds is 40. The van der Waals surface area contributed by atoms with E-state index in [0.29, 0.717) is 17.4 Å². The fourth-order valence-corrected chi connectivity index (χ4v) is 6.98. The Hall–Kier alpha value is -1.28. The summed E-state index contributed by atoms with van der Waals surface area (Å²) in [4.78, 5) is 23.1. The molecular weight excluding hydrogens is 695 g/mol. The summed E-state index contributed by atoms with van der Waals surface area (Å²) in [5.74, 6) is -0.186. The van der Waals surface area contributed by atoms with Gasteiger partial charge in [-0.05, 0) is 51.4 Å². The second-order valence-corrected chi connectivity index (χ2v) is 17.9. The molecule has 0 aromatic rings. The number of carbonyl (C=O) groups is 1. The molecule has 0 heterocycles. The van der Waals surface area contributed by atoms with Crippen molar-refractivity contribution in [3.05, 3.63) is 36.5 Å². The van der Waals surface area contributed by atoms with E-state index < -0.39 is 20.0 Å². The van der Waals surface area contributed by atoms with E-state index in [9.17, 15) is 19.4 Å². The van der Waals surface area contributed by atoms with Gasteiger partial charge in [-0.25, -0.2) is 4.57 Å².